The lowest BCUT2D eigenvalue weighted by Crippen LogP contribution is -2.49. The maximum Gasteiger partial charge on any atom is 0.412 e. The molecule has 0 saturated carbocycles. The van der Waals surface area contributed by atoms with Crippen molar-refractivity contribution in [3.05, 3.63) is 35.9 Å². The molecule has 19 heavy (non-hydrogen) atoms. The van der Waals surface area contributed by atoms with Crippen molar-refractivity contribution in [1.82, 2.24) is 4.90 Å². The van der Waals surface area contributed by atoms with Gasteiger partial charge in [0.05, 0.1) is 19.3 Å². The van der Waals surface area contributed by atoms with Gasteiger partial charge in [0, 0.05) is 0 Å². The number of carbonyl (C=O) groups is 1. The van der Waals surface area contributed by atoms with Crippen LogP contribution in [-0.4, -0.2) is 41.1 Å². The normalized spacial score (nSPS) is 21.4. The van der Waals surface area contributed by atoms with Gasteiger partial charge >= 0.3 is 6.09 Å². The molecule has 5 heteroatoms. The molecule has 1 fully saturated rings. The van der Waals surface area contributed by atoms with Crippen LogP contribution in [0.25, 0.3) is 0 Å². The third-order valence-corrected chi connectivity index (χ3v) is 3.19. The largest absolute Gasteiger partial charge is 0.444 e. The van der Waals surface area contributed by atoms with E-state index in [0.29, 0.717) is 6.61 Å². The number of ether oxygens (including phenoxy) is 2. The van der Waals surface area contributed by atoms with Gasteiger partial charge in [-0.3, -0.25) is 4.90 Å². The number of benzene rings is 1. The van der Waals surface area contributed by atoms with Crippen molar-refractivity contribution in [3.8, 4) is 0 Å². The first kappa shape index (κ1) is 13.8. The summed E-state index contributed by atoms with van der Waals surface area (Å²) < 4.78 is 10.8. The van der Waals surface area contributed by atoms with E-state index in [1.54, 1.807) is 13.8 Å². The van der Waals surface area contributed by atoms with E-state index >= 15 is 0 Å². The Morgan fingerprint density at radius 1 is 1.47 bits per heavy atom. The molecule has 1 aromatic rings. The van der Waals surface area contributed by atoms with Crippen LogP contribution < -0.4 is 0 Å². The average molecular weight is 265 g/mol. The second-order valence-corrected chi connectivity index (χ2v) is 5.00. The summed E-state index contributed by atoms with van der Waals surface area (Å²) >= 11 is 0. The van der Waals surface area contributed by atoms with Crippen molar-refractivity contribution in [1.29, 1.82) is 0 Å². The summed E-state index contributed by atoms with van der Waals surface area (Å²) in [5, 5.41) is 9.27. The molecule has 1 saturated heterocycles. The van der Waals surface area contributed by atoms with E-state index in [-0.39, 0.29) is 19.3 Å². The maximum absolute atomic E-state index is 12.1. The minimum Gasteiger partial charge on any atom is -0.444 e. The summed E-state index contributed by atoms with van der Waals surface area (Å²) in [6.07, 6.45) is -0.467. The summed E-state index contributed by atoms with van der Waals surface area (Å²) in [7, 11) is 0. The van der Waals surface area contributed by atoms with Gasteiger partial charge in [0.25, 0.3) is 0 Å². The Labute approximate surface area is 112 Å². The van der Waals surface area contributed by atoms with Gasteiger partial charge in [-0.1, -0.05) is 30.3 Å². The van der Waals surface area contributed by atoms with Crippen LogP contribution in [-0.2, 0) is 16.1 Å². The molecule has 1 atom stereocenters. The molecule has 104 valence electrons. The van der Waals surface area contributed by atoms with E-state index in [1.807, 2.05) is 30.3 Å². The predicted octanol–water partition coefficient (Wildman–Crippen LogP) is 1.75. The third kappa shape index (κ3) is 3.05. The number of hydrogen-bond donors (Lipinski definition) is 1. The number of carbonyl (C=O) groups excluding carboxylic acids is 1. The smallest absolute Gasteiger partial charge is 0.412 e. The van der Waals surface area contributed by atoms with Gasteiger partial charge in [-0.15, -0.1) is 0 Å². The Morgan fingerprint density at radius 3 is 2.79 bits per heavy atom. The molecule has 0 aliphatic carbocycles. The zero-order valence-corrected chi connectivity index (χ0v) is 11.2. The van der Waals surface area contributed by atoms with Crippen LogP contribution in [0.2, 0.25) is 0 Å². The summed E-state index contributed by atoms with van der Waals surface area (Å²) in [5.74, 6) is 0. The Kier molecular flexibility index (Phi) is 4.07. The molecule has 1 aliphatic rings. The zero-order chi connectivity index (χ0) is 13.9. The van der Waals surface area contributed by atoms with Crippen molar-refractivity contribution in [3.63, 3.8) is 0 Å². The highest BCUT2D eigenvalue weighted by atomic mass is 16.6. The minimum atomic E-state index is -0.749. The molecular weight excluding hydrogens is 246 g/mol. The second-order valence-electron chi connectivity index (χ2n) is 5.00. The Balaban J connectivity index is 1.99. The quantitative estimate of drug-likeness (QED) is 0.904. The summed E-state index contributed by atoms with van der Waals surface area (Å²) in [4.78, 5) is 13.6. The van der Waals surface area contributed by atoms with Crippen molar-refractivity contribution < 1.29 is 19.4 Å². The van der Waals surface area contributed by atoms with E-state index in [2.05, 4.69) is 0 Å². The van der Waals surface area contributed by atoms with Gasteiger partial charge < -0.3 is 14.6 Å². The van der Waals surface area contributed by atoms with Crippen molar-refractivity contribution in [2.75, 3.05) is 13.2 Å². The fourth-order valence-corrected chi connectivity index (χ4v) is 2.18. The average Bonchev–Trinajstić information content (AvgIpc) is 2.72. The van der Waals surface area contributed by atoms with Gasteiger partial charge in [-0.2, -0.15) is 0 Å². The van der Waals surface area contributed by atoms with Crippen molar-refractivity contribution in [2.24, 2.45) is 0 Å². The second kappa shape index (κ2) is 5.59. The molecule has 0 bridgehead atoms. The molecule has 0 radical (unpaired) electrons. The Hall–Kier alpha value is -1.59. The molecule has 1 amide bonds. The van der Waals surface area contributed by atoms with Gasteiger partial charge in [-0.05, 0) is 19.4 Å². The van der Waals surface area contributed by atoms with E-state index in [0.717, 1.165) is 5.56 Å². The standard InChI is InChI=1S/C14H19NO4/c1-14(2)15(12(8-16)10-19-14)13(17)18-9-11-6-4-3-5-7-11/h3-7,12,16H,8-10H2,1-2H3/t12-/m0/s1. The van der Waals surface area contributed by atoms with E-state index < -0.39 is 11.8 Å². The number of hydrogen-bond acceptors (Lipinski definition) is 4. The van der Waals surface area contributed by atoms with Gasteiger partial charge in [0.1, 0.15) is 12.3 Å². The van der Waals surface area contributed by atoms with E-state index in [4.69, 9.17) is 9.47 Å². The van der Waals surface area contributed by atoms with Crippen LogP contribution in [0.1, 0.15) is 19.4 Å². The first-order valence-electron chi connectivity index (χ1n) is 6.29. The number of aliphatic hydroxyl groups is 1. The Morgan fingerprint density at radius 2 is 2.16 bits per heavy atom. The summed E-state index contributed by atoms with van der Waals surface area (Å²) in [5.41, 5.74) is 0.176. The first-order valence-corrected chi connectivity index (χ1v) is 6.29. The highest BCUT2D eigenvalue weighted by Gasteiger charge is 2.44. The summed E-state index contributed by atoms with van der Waals surface area (Å²) in [6.45, 7) is 3.97. The van der Waals surface area contributed by atoms with Crippen LogP contribution in [0.3, 0.4) is 0 Å². The van der Waals surface area contributed by atoms with Crippen LogP contribution in [0.4, 0.5) is 4.79 Å². The lowest BCUT2D eigenvalue weighted by Gasteiger charge is -2.32. The highest BCUT2D eigenvalue weighted by Crippen LogP contribution is 2.28. The lowest BCUT2D eigenvalue weighted by molar-refractivity contribution is -0.0507. The van der Waals surface area contributed by atoms with E-state index in [9.17, 15) is 9.90 Å². The molecular formula is C14H19NO4. The number of aliphatic hydroxyl groups excluding tert-OH is 1. The van der Waals surface area contributed by atoms with Crippen molar-refractivity contribution in [2.45, 2.75) is 32.2 Å². The number of amides is 1. The third-order valence-electron chi connectivity index (χ3n) is 3.19. The molecule has 0 unspecified atom stereocenters. The van der Waals surface area contributed by atoms with Crippen LogP contribution in [0.5, 0.6) is 0 Å². The predicted molar refractivity (Wildman–Crippen MR) is 69.4 cm³/mol. The zero-order valence-electron chi connectivity index (χ0n) is 11.2. The molecule has 1 aromatic carbocycles. The number of rotatable bonds is 3. The monoisotopic (exact) mass is 265 g/mol. The highest BCUT2D eigenvalue weighted by molar-refractivity contribution is 5.69. The fraction of sp³-hybridized carbons (Fsp3) is 0.500. The molecule has 5 nitrogen and oxygen atoms in total. The first-order chi connectivity index (χ1) is 9.04. The molecule has 1 heterocycles. The lowest BCUT2D eigenvalue weighted by atomic mass is 10.2. The maximum atomic E-state index is 12.1. The van der Waals surface area contributed by atoms with Crippen LogP contribution in [0.15, 0.2) is 30.3 Å². The molecule has 1 N–H and O–H groups in total. The fourth-order valence-electron chi connectivity index (χ4n) is 2.18. The van der Waals surface area contributed by atoms with Gasteiger partial charge in [0.2, 0.25) is 0 Å². The van der Waals surface area contributed by atoms with Gasteiger partial charge in [-0.25, -0.2) is 4.79 Å². The van der Waals surface area contributed by atoms with Crippen molar-refractivity contribution >= 4 is 6.09 Å². The molecule has 2 rings (SSSR count). The van der Waals surface area contributed by atoms with Gasteiger partial charge in [0.15, 0.2) is 0 Å². The molecule has 0 spiro atoms. The number of nitrogens with zero attached hydrogens (tertiary/aromatic N) is 1. The van der Waals surface area contributed by atoms with E-state index in [1.165, 1.54) is 4.90 Å². The molecule has 0 aromatic heterocycles. The minimum absolute atomic E-state index is 0.135. The van der Waals surface area contributed by atoms with Crippen LogP contribution >= 0.6 is 0 Å². The SMILES string of the molecule is CC1(C)OC[C@H](CO)N1C(=O)OCc1ccccc1. The van der Waals surface area contributed by atoms with Crippen LogP contribution in [0, 0.1) is 0 Å². The Bertz CT molecular complexity index is 432. The topological polar surface area (TPSA) is 59.0 Å². The molecule has 1 aliphatic heterocycles. The summed E-state index contributed by atoms with van der Waals surface area (Å²) in [6, 6.07) is 9.12.